The van der Waals surface area contributed by atoms with E-state index in [1.54, 1.807) is 0 Å². The van der Waals surface area contributed by atoms with E-state index in [4.69, 9.17) is 4.74 Å². The topological polar surface area (TPSA) is 34.2 Å². The predicted octanol–water partition coefficient (Wildman–Crippen LogP) is 3.49. The fourth-order valence-corrected chi connectivity index (χ4v) is 2.22. The molecule has 3 heteroatoms. The summed E-state index contributed by atoms with van der Waals surface area (Å²) < 4.78 is 5.76. The number of hydrogen-bond acceptors (Lipinski definition) is 3. The maximum absolute atomic E-state index is 5.76. The molecule has 0 saturated carbocycles. The van der Waals surface area contributed by atoms with Crippen LogP contribution in [-0.2, 0) is 0 Å². The maximum Gasteiger partial charge on any atom is 0.120 e. The molecule has 1 atom stereocenters. The van der Waals surface area contributed by atoms with Gasteiger partial charge in [0, 0.05) is 11.9 Å². The number of nitrogens with zero attached hydrogens (tertiary/aromatic N) is 1. The summed E-state index contributed by atoms with van der Waals surface area (Å²) in [6.45, 7) is 6.06. The molecule has 0 fully saturated rings. The summed E-state index contributed by atoms with van der Waals surface area (Å²) in [5.41, 5.74) is 3.36. The Balaban J connectivity index is 2.29. The Morgan fingerprint density at radius 3 is 2.50 bits per heavy atom. The Morgan fingerprint density at radius 1 is 1.10 bits per heavy atom. The van der Waals surface area contributed by atoms with E-state index < -0.39 is 0 Å². The Kier molecular flexibility index (Phi) is 4.74. The largest absolute Gasteiger partial charge is 0.491 e. The van der Waals surface area contributed by atoms with E-state index in [1.807, 2.05) is 52.2 Å². The van der Waals surface area contributed by atoms with Gasteiger partial charge in [-0.1, -0.05) is 18.2 Å². The minimum absolute atomic E-state index is 0.124. The molecule has 0 aliphatic carbocycles. The number of benzene rings is 1. The molecule has 0 aliphatic rings. The van der Waals surface area contributed by atoms with Crippen LogP contribution in [0.3, 0.4) is 0 Å². The van der Waals surface area contributed by atoms with Crippen molar-refractivity contribution >= 4 is 0 Å². The third-order valence-corrected chi connectivity index (χ3v) is 3.12. The van der Waals surface area contributed by atoms with Gasteiger partial charge < -0.3 is 10.1 Å². The van der Waals surface area contributed by atoms with Crippen molar-refractivity contribution in [2.75, 3.05) is 7.05 Å². The van der Waals surface area contributed by atoms with Gasteiger partial charge in [-0.05, 0) is 57.1 Å². The van der Waals surface area contributed by atoms with Gasteiger partial charge in [-0.15, -0.1) is 0 Å². The van der Waals surface area contributed by atoms with Crippen LogP contribution in [0.15, 0.2) is 42.6 Å². The number of aromatic nitrogens is 1. The first-order chi connectivity index (χ1) is 9.60. The van der Waals surface area contributed by atoms with E-state index >= 15 is 0 Å². The summed E-state index contributed by atoms with van der Waals surface area (Å²) in [7, 11) is 1.96. The number of aryl methyl sites for hydroxylation is 1. The number of rotatable bonds is 5. The molecule has 1 aromatic carbocycles. The normalized spacial score (nSPS) is 12.4. The average molecular weight is 270 g/mol. The van der Waals surface area contributed by atoms with Crippen molar-refractivity contribution in [1.82, 2.24) is 10.3 Å². The lowest BCUT2D eigenvalue weighted by Crippen LogP contribution is -2.18. The molecular formula is C17H22N2O. The van der Waals surface area contributed by atoms with Crippen LogP contribution >= 0.6 is 0 Å². The zero-order valence-electron chi connectivity index (χ0n) is 12.6. The molecule has 0 spiro atoms. The highest BCUT2D eigenvalue weighted by molar-refractivity contribution is 5.36. The van der Waals surface area contributed by atoms with Gasteiger partial charge in [-0.25, -0.2) is 0 Å². The van der Waals surface area contributed by atoms with Crippen LogP contribution in [0.5, 0.6) is 5.75 Å². The van der Waals surface area contributed by atoms with Gasteiger partial charge in [0.05, 0.1) is 12.1 Å². The standard InChI is InChI=1S/C17H22N2O/c1-12(2)20-16-7-5-6-14(10-16)17(18-4)15-9-8-13(3)19-11-15/h5-12,17-18H,1-4H3. The molecule has 1 unspecified atom stereocenters. The molecule has 0 radical (unpaired) electrons. The smallest absolute Gasteiger partial charge is 0.120 e. The quantitative estimate of drug-likeness (QED) is 0.903. The van der Waals surface area contributed by atoms with Crippen molar-refractivity contribution in [3.63, 3.8) is 0 Å². The van der Waals surface area contributed by atoms with Crippen molar-refractivity contribution in [2.45, 2.75) is 32.9 Å². The second-order valence-corrected chi connectivity index (χ2v) is 5.19. The minimum Gasteiger partial charge on any atom is -0.491 e. The van der Waals surface area contributed by atoms with Crippen LogP contribution in [0.25, 0.3) is 0 Å². The van der Waals surface area contributed by atoms with Crippen molar-refractivity contribution in [2.24, 2.45) is 0 Å². The molecular weight excluding hydrogens is 248 g/mol. The van der Waals surface area contributed by atoms with Crippen molar-refractivity contribution in [3.05, 3.63) is 59.4 Å². The number of nitrogens with one attached hydrogen (secondary N) is 1. The third-order valence-electron chi connectivity index (χ3n) is 3.12. The SMILES string of the molecule is CNC(c1ccc(C)nc1)c1cccc(OC(C)C)c1. The van der Waals surface area contributed by atoms with Crippen molar-refractivity contribution in [3.8, 4) is 5.75 Å². The first kappa shape index (κ1) is 14.5. The molecule has 106 valence electrons. The second-order valence-electron chi connectivity index (χ2n) is 5.19. The van der Waals surface area contributed by atoms with Gasteiger partial charge in [0.25, 0.3) is 0 Å². The van der Waals surface area contributed by atoms with Crippen LogP contribution in [0, 0.1) is 6.92 Å². The van der Waals surface area contributed by atoms with Crippen LogP contribution in [-0.4, -0.2) is 18.1 Å². The Labute approximate surface area is 121 Å². The third kappa shape index (κ3) is 3.58. The van der Waals surface area contributed by atoms with E-state index in [2.05, 4.69) is 28.5 Å². The monoisotopic (exact) mass is 270 g/mol. The lowest BCUT2D eigenvalue weighted by molar-refractivity contribution is 0.242. The van der Waals surface area contributed by atoms with Gasteiger partial charge in [0.1, 0.15) is 5.75 Å². The van der Waals surface area contributed by atoms with E-state index in [0.29, 0.717) is 0 Å². The number of pyridine rings is 1. The maximum atomic E-state index is 5.76. The lowest BCUT2D eigenvalue weighted by Gasteiger charge is -2.18. The molecule has 1 aromatic heterocycles. The van der Waals surface area contributed by atoms with Crippen molar-refractivity contribution in [1.29, 1.82) is 0 Å². The van der Waals surface area contributed by atoms with E-state index in [1.165, 1.54) is 5.56 Å². The van der Waals surface area contributed by atoms with Crippen molar-refractivity contribution < 1.29 is 4.74 Å². The summed E-state index contributed by atoms with van der Waals surface area (Å²) in [4.78, 5) is 4.37. The molecule has 0 amide bonds. The molecule has 2 aromatic rings. The van der Waals surface area contributed by atoms with Crippen LogP contribution in [0.2, 0.25) is 0 Å². The van der Waals surface area contributed by atoms with Crippen LogP contribution in [0.1, 0.15) is 36.7 Å². The fraction of sp³-hybridized carbons (Fsp3) is 0.353. The van der Waals surface area contributed by atoms with Crippen LogP contribution < -0.4 is 10.1 Å². The molecule has 0 saturated heterocycles. The molecule has 0 aliphatic heterocycles. The summed E-state index contributed by atoms with van der Waals surface area (Å²) in [5.74, 6) is 0.901. The first-order valence-electron chi connectivity index (χ1n) is 6.96. The van der Waals surface area contributed by atoms with Gasteiger partial charge in [0.15, 0.2) is 0 Å². The molecule has 1 N–H and O–H groups in total. The van der Waals surface area contributed by atoms with E-state index in [0.717, 1.165) is 17.0 Å². The highest BCUT2D eigenvalue weighted by Gasteiger charge is 2.13. The van der Waals surface area contributed by atoms with Gasteiger partial charge in [-0.3, -0.25) is 4.98 Å². The van der Waals surface area contributed by atoms with Gasteiger partial charge in [0.2, 0.25) is 0 Å². The van der Waals surface area contributed by atoms with E-state index in [-0.39, 0.29) is 12.1 Å². The highest BCUT2D eigenvalue weighted by Crippen LogP contribution is 2.25. The summed E-state index contributed by atoms with van der Waals surface area (Å²) in [6, 6.07) is 12.5. The Bertz CT molecular complexity index is 549. The lowest BCUT2D eigenvalue weighted by atomic mass is 10.00. The molecule has 20 heavy (non-hydrogen) atoms. The average Bonchev–Trinajstić information content (AvgIpc) is 2.41. The molecule has 1 heterocycles. The number of ether oxygens (including phenoxy) is 1. The first-order valence-corrected chi connectivity index (χ1v) is 6.96. The fourth-order valence-electron chi connectivity index (χ4n) is 2.22. The Hall–Kier alpha value is -1.87. The minimum atomic E-state index is 0.124. The summed E-state index contributed by atoms with van der Waals surface area (Å²) >= 11 is 0. The van der Waals surface area contributed by atoms with Crippen LogP contribution in [0.4, 0.5) is 0 Å². The molecule has 0 bridgehead atoms. The zero-order valence-corrected chi connectivity index (χ0v) is 12.6. The van der Waals surface area contributed by atoms with Gasteiger partial charge in [-0.2, -0.15) is 0 Å². The molecule has 2 rings (SSSR count). The zero-order chi connectivity index (χ0) is 14.5. The predicted molar refractivity (Wildman–Crippen MR) is 82.1 cm³/mol. The summed E-state index contributed by atoms with van der Waals surface area (Å²) in [6.07, 6.45) is 2.10. The van der Waals surface area contributed by atoms with Gasteiger partial charge >= 0.3 is 0 Å². The molecule has 3 nitrogen and oxygen atoms in total. The Morgan fingerprint density at radius 2 is 1.90 bits per heavy atom. The summed E-state index contributed by atoms with van der Waals surface area (Å²) in [5, 5.41) is 3.34. The highest BCUT2D eigenvalue weighted by atomic mass is 16.5. The number of hydrogen-bond donors (Lipinski definition) is 1. The van der Waals surface area contributed by atoms with E-state index in [9.17, 15) is 0 Å². The second kappa shape index (κ2) is 6.53.